The Morgan fingerprint density at radius 2 is 2.25 bits per heavy atom. The fourth-order valence-electron chi connectivity index (χ4n) is 1.70. The number of amides is 1. The predicted octanol–water partition coefficient (Wildman–Crippen LogP) is 1.53. The smallest absolute Gasteiger partial charge is 0.238 e. The molecule has 0 unspecified atom stereocenters. The summed E-state index contributed by atoms with van der Waals surface area (Å²) in [6.45, 7) is 2.01. The zero-order chi connectivity index (χ0) is 11.4. The summed E-state index contributed by atoms with van der Waals surface area (Å²) in [5.74, 6) is 1.84. The van der Waals surface area contributed by atoms with Gasteiger partial charge in [0, 0.05) is 11.6 Å². The highest BCUT2D eigenvalue weighted by atomic mass is 32.2. The summed E-state index contributed by atoms with van der Waals surface area (Å²) < 4.78 is 0. The number of rotatable bonds is 3. The first-order chi connectivity index (χ1) is 7.77. The summed E-state index contributed by atoms with van der Waals surface area (Å²) in [5.41, 5.74) is 1.14. The first-order valence-corrected chi connectivity index (χ1v) is 6.59. The molecule has 1 fully saturated rings. The molecule has 86 valence electrons. The van der Waals surface area contributed by atoms with Crippen molar-refractivity contribution in [2.75, 3.05) is 11.6 Å². The van der Waals surface area contributed by atoms with Crippen molar-refractivity contribution >= 4 is 17.7 Å². The molecular formula is C12H16N2OS. The fourth-order valence-corrected chi connectivity index (χ4v) is 2.64. The first-order valence-electron chi connectivity index (χ1n) is 5.44. The number of carbonyl (C=O) groups excluding carboxylic acids is 1. The van der Waals surface area contributed by atoms with Crippen LogP contribution in [-0.4, -0.2) is 23.6 Å². The Hall–Kier alpha value is -1.00. The molecule has 1 aromatic carbocycles. The maximum atomic E-state index is 11.8. The molecule has 0 aromatic heterocycles. The topological polar surface area (TPSA) is 41.1 Å². The maximum Gasteiger partial charge on any atom is 0.238 e. The van der Waals surface area contributed by atoms with Crippen molar-refractivity contribution in [3.05, 3.63) is 35.9 Å². The average molecular weight is 236 g/mol. The van der Waals surface area contributed by atoms with Crippen molar-refractivity contribution < 1.29 is 4.79 Å². The molecular weight excluding hydrogens is 220 g/mol. The number of carbonyl (C=O) groups is 1. The Labute approximate surface area is 100.0 Å². The zero-order valence-electron chi connectivity index (χ0n) is 9.27. The van der Waals surface area contributed by atoms with Crippen molar-refractivity contribution in [3.63, 3.8) is 0 Å². The molecule has 16 heavy (non-hydrogen) atoms. The van der Waals surface area contributed by atoms with Crippen LogP contribution < -0.4 is 10.6 Å². The van der Waals surface area contributed by atoms with E-state index in [1.165, 1.54) is 0 Å². The lowest BCUT2D eigenvalue weighted by atomic mass is 10.1. The molecule has 0 bridgehead atoms. The van der Waals surface area contributed by atoms with E-state index >= 15 is 0 Å². The number of thioether (sulfide) groups is 1. The molecule has 1 saturated heterocycles. The number of hydrogen-bond donors (Lipinski definition) is 2. The lowest BCUT2D eigenvalue weighted by Gasteiger charge is -2.17. The maximum absolute atomic E-state index is 11.8. The third-order valence-electron chi connectivity index (χ3n) is 2.69. The summed E-state index contributed by atoms with van der Waals surface area (Å²) >= 11 is 1.76. The van der Waals surface area contributed by atoms with E-state index in [1.807, 2.05) is 37.3 Å². The molecule has 3 nitrogen and oxygen atoms in total. The molecule has 1 aliphatic heterocycles. The van der Waals surface area contributed by atoms with E-state index in [4.69, 9.17) is 0 Å². The minimum atomic E-state index is -0.0313. The van der Waals surface area contributed by atoms with Gasteiger partial charge in [-0.05, 0) is 12.5 Å². The summed E-state index contributed by atoms with van der Waals surface area (Å²) in [6, 6.07) is 10.1. The fraction of sp³-hybridized carbons (Fsp3) is 0.417. The molecule has 0 spiro atoms. The van der Waals surface area contributed by atoms with Gasteiger partial charge in [0.15, 0.2) is 0 Å². The monoisotopic (exact) mass is 236 g/mol. The molecule has 0 radical (unpaired) electrons. The summed E-state index contributed by atoms with van der Waals surface area (Å²) in [6.07, 6.45) is 0. The molecule has 1 heterocycles. The summed E-state index contributed by atoms with van der Waals surface area (Å²) in [7, 11) is 0. The highest BCUT2D eigenvalue weighted by molar-refractivity contribution is 7.99. The van der Waals surface area contributed by atoms with Gasteiger partial charge in [-0.15, -0.1) is 11.8 Å². The third kappa shape index (κ3) is 2.77. The number of hydrogen-bond acceptors (Lipinski definition) is 3. The lowest BCUT2D eigenvalue weighted by molar-refractivity contribution is -0.123. The van der Waals surface area contributed by atoms with E-state index in [0.717, 1.165) is 17.2 Å². The van der Waals surface area contributed by atoms with Crippen LogP contribution in [0.4, 0.5) is 0 Å². The molecule has 0 saturated carbocycles. The van der Waals surface area contributed by atoms with Crippen molar-refractivity contribution in [3.8, 4) is 0 Å². The van der Waals surface area contributed by atoms with E-state index in [9.17, 15) is 4.79 Å². The standard InChI is InChI=1S/C12H16N2OS/c1-9(10-5-3-2-4-6-10)14-12(15)11-7-16-8-13-11/h2-6,9,11,13H,7-8H2,1H3,(H,14,15)/t9-,11+/m1/s1. The Bertz CT molecular complexity index is 349. The van der Waals surface area contributed by atoms with Gasteiger partial charge in [-0.1, -0.05) is 30.3 Å². The van der Waals surface area contributed by atoms with Gasteiger partial charge in [-0.2, -0.15) is 0 Å². The quantitative estimate of drug-likeness (QED) is 0.836. The van der Waals surface area contributed by atoms with Crippen molar-refractivity contribution in [2.24, 2.45) is 0 Å². The van der Waals surface area contributed by atoms with Gasteiger partial charge in [0.25, 0.3) is 0 Å². The first kappa shape index (κ1) is 11.5. The molecule has 1 aromatic rings. The van der Waals surface area contributed by atoms with Crippen LogP contribution in [0, 0.1) is 0 Å². The van der Waals surface area contributed by atoms with Crippen LogP contribution in [-0.2, 0) is 4.79 Å². The van der Waals surface area contributed by atoms with Crippen molar-refractivity contribution in [1.82, 2.24) is 10.6 Å². The summed E-state index contributed by atoms with van der Waals surface area (Å²) in [4.78, 5) is 11.8. The average Bonchev–Trinajstić information content (AvgIpc) is 2.83. The van der Waals surface area contributed by atoms with Gasteiger partial charge in [0.05, 0.1) is 12.1 Å². The minimum absolute atomic E-state index is 0.0313. The van der Waals surface area contributed by atoms with Crippen molar-refractivity contribution in [1.29, 1.82) is 0 Å². The number of benzene rings is 1. The SMILES string of the molecule is C[C@@H](NC(=O)[C@@H]1CSCN1)c1ccccc1. The molecule has 1 amide bonds. The highest BCUT2D eigenvalue weighted by Crippen LogP contribution is 2.14. The molecule has 2 N–H and O–H groups in total. The van der Waals surface area contributed by atoms with Gasteiger partial charge in [-0.25, -0.2) is 0 Å². The van der Waals surface area contributed by atoms with E-state index in [-0.39, 0.29) is 18.0 Å². The third-order valence-corrected chi connectivity index (χ3v) is 3.63. The molecule has 4 heteroatoms. The Balaban J connectivity index is 1.92. The molecule has 0 aliphatic carbocycles. The van der Waals surface area contributed by atoms with E-state index in [1.54, 1.807) is 11.8 Å². The lowest BCUT2D eigenvalue weighted by Crippen LogP contribution is -2.42. The Morgan fingerprint density at radius 3 is 2.88 bits per heavy atom. The van der Waals surface area contributed by atoms with Crippen LogP contribution in [0.3, 0.4) is 0 Å². The molecule has 2 rings (SSSR count). The van der Waals surface area contributed by atoms with Gasteiger partial charge < -0.3 is 5.32 Å². The highest BCUT2D eigenvalue weighted by Gasteiger charge is 2.23. The van der Waals surface area contributed by atoms with Gasteiger partial charge in [-0.3, -0.25) is 10.1 Å². The molecule has 2 atom stereocenters. The Kier molecular flexibility index (Phi) is 3.85. The van der Waals surface area contributed by atoms with E-state index < -0.39 is 0 Å². The van der Waals surface area contributed by atoms with Gasteiger partial charge >= 0.3 is 0 Å². The molecule has 1 aliphatic rings. The summed E-state index contributed by atoms with van der Waals surface area (Å²) in [5, 5.41) is 6.19. The van der Waals surface area contributed by atoms with Crippen LogP contribution in [0.15, 0.2) is 30.3 Å². The Morgan fingerprint density at radius 1 is 1.50 bits per heavy atom. The van der Waals surface area contributed by atoms with Crippen LogP contribution in [0.25, 0.3) is 0 Å². The van der Waals surface area contributed by atoms with Crippen molar-refractivity contribution in [2.45, 2.75) is 19.0 Å². The van der Waals surface area contributed by atoms with Gasteiger partial charge in [0.2, 0.25) is 5.91 Å². The van der Waals surface area contributed by atoms with Crippen LogP contribution in [0.5, 0.6) is 0 Å². The normalized spacial score (nSPS) is 21.7. The van der Waals surface area contributed by atoms with Gasteiger partial charge in [0.1, 0.15) is 0 Å². The van der Waals surface area contributed by atoms with Crippen LogP contribution in [0.1, 0.15) is 18.5 Å². The zero-order valence-corrected chi connectivity index (χ0v) is 10.1. The second-order valence-corrected chi connectivity index (χ2v) is 4.94. The van der Waals surface area contributed by atoms with Crippen LogP contribution in [0.2, 0.25) is 0 Å². The van der Waals surface area contributed by atoms with E-state index in [2.05, 4.69) is 10.6 Å². The number of nitrogens with one attached hydrogen (secondary N) is 2. The van der Waals surface area contributed by atoms with E-state index in [0.29, 0.717) is 0 Å². The second kappa shape index (κ2) is 5.37. The largest absolute Gasteiger partial charge is 0.348 e. The predicted molar refractivity (Wildman–Crippen MR) is 67.2 cm³/mol. The van der Waals surface area contributed by atoms with Crippen LogP contribution >= 0.6 is 11.8 Å². The second-order valence-electron chi connectivity index (χ2n) is 3.91. The minimum Gasteiger partial charge on any atom is -0.348 e.